The summed E-state index contributed by atoms with van der Waals surface area (Å²) < 4.78 is 2.44. The fourth-order valence-corrected chi connectivity index (χ4v) is 2.87. The molecule has 2 nitrogen and oxygen atoms in total. The van der Waals surface area contributed by atoms with E-state index in [1.165, 1.54) is 0 Å². The molecule has 0 aliphatic carbocycles. The summed E-state index contributed by atoms with van der Waals surface area (Å²) in [5, 5.41) is 1.82. The molecule has 0 bridgehead atoms. The predicted molar refractivity (Wildman–Crippen MR) is 82.3 cm³/mol. The van der Waals surface area contributed by atoms with Crippen molar-refractivity contribution in [2.45, 2.75) is 0 Å². The molecule has 0 atom stereocenters. The van der Waals surface area contributed by atoms with Crippen LogP contribution in [0.15, 0.2) is 64.0 Å². The lowest BCUT2D eigenvalue weighted by atomic mass is 10.1. The maximum Gasteiger partial charge on any atom is 0.264 e. The molecular formula is C15H9BrClNO. The number of hydrogen-bond donors (Lipinski definition) is 0. The van der Waals surface area contributed by atoms with Gasteiger partial charge in [-0.2, -0.15) is 0 Å². The summed E-state index contributed by atoms with van der Waals surface area (Å²) in [4.78, 5) is 12.6. The summed E-state index contributed by atoms with van der Waals surface area (Å²) in [6, 6.07) is 14.9. The van der Waals surface area contributed by atoms with Crippen LogP contribution < -0.4 is 5.56 Å². The molecule has 3 aromatic rings. The van der Waals surface area contributed by atoms with Gasteiger partial charge in [-0.3, -0.25) is 9.36 Å². The summed E-state index contributed by atoms with van der Waals surface area (Å²) in [5.41, 5.74) is 0.699. The van der Waals surface area contributed by atoms with E-state index in [2.05, 4.69) is 15.9 Å². The zero-order chi connectivity index (χ0) is 13.4. The normalized spacial score (nSPS) is 10.8. The van der Waals surface area contributed by atoms with E-state index in [1.54, 1.807) is 16.8 Å². The maximum atomic E-state index is 12.6. The molecule has 0 spiro atoms. The summed E-state index contributed by atoms with van der Waals surface area (Å²) in [6.07, 6.45) is 1.77. The molecule has 0 saturated heterocycles. The zero-order valence-electron chi connectivity index (χ0n) is 9.81. The molecule has 0 radical (unpaired) electrons. The van der Waals surface area contributed by atoms with Crippen molar-refractivity contribution in [3.8, 4) is 5.69 Å². The second-order valence-electron chi connectivity index (χ2n) is 4.15. The van der Waals surface area contributed by atoms with E-state index in [0.29, 0.717) is 10.4 Å². The lowest BCUT2D eigenvalue weighted by Gasteiger charge is -2.10. The second kappa shape index (κ2) is 4.83. The molecule has 0 aliphatic heterocycles. The molecule has 0 amide bonds. The zero-order valence-corrected chi connectivity index (χ0v) is 12.1. The molecule has 0 saturated carbocycles. The maximum absolute atomic E-state index is 12.6. The number of fused-ring (bicyclic) bond motifs is 1. The first-order valence-corrected chi connectivity index (χ1v) is 6.90. The van der Waals surface area contributed by atoms with E-state index in [9.17, 15) is 4.79 Å². The molecule has 1 aromatic heterocycles. The molecule has 0 N–H and O–H groups in total. The average molecular weight is 335 g/mol. The number of benzene rings is 2. The molecule has 3 rings (SSSR count). The minimum absolute atomic E-state index is 0.116. The van der Waals surface area contributed by atoms with E-state index in [1.807, 2.05) is 42.5 Å². The van der Waals surface area contributed by atoms with Gasteiger partial charge in [-0.1, -0.05) is 41.9 Å². The first-order chi connectivity index (χ1) is 9.18. The van der Waals surface area contributed by atoms with Gasteiger partial charge in [-0.15, -0.1) is 0 Å². The van der Waals surface area contributed by atoms with Gasteiger partial charge in [0.2, 0.25) is 0 Å². The van der Waals surface area contributed by atoms with E-state index in [-0.39, 0.29) is 5.56 Å². The van der Waals surface area contributed by atoms with Crippen molar-refractivity contribution >= 4 is 38.3 Å². The third-order valence-corrected chi connectivity index (χ3v) is 3.93. The van der Waals surface area contributed by atoms with Crippen molar-refractivity contribution in [2.24, 2.45) is 0 Å². The minimum atomic E-state index is -0.116. The fraction of sp³-hybridized carbons (Fsp3) is 0. The first kappa shape index (κ1) is 12.5. The Morgan fingerprint density at radius 3 is 2.47 bits per heavy atom. The molecule has 0 unspecified atom stereocenters. The Morgan fingerprint density at radius 1 is 1.00 bits per heavy atom. The summed E-state index contributed by atoms with van der Waals surface area (Å²) in [7, 11) is 0. The highest BCUT2D eigenvalue weighted by molar-refractivity contribution is 9.10. The SMILES string of the molecule is O=c1c2c(Cl)cccc2c(Br)cn1-c1ccccc1. The summed E-state index contributed by atoms with van der Waals surface area (Å²) in [5.74, 6) is 0. The monoisotopic (exact) mass is 333 g/mol. The Bertz CT molecular complexity index is 811. The fourth-order valence-electron chi connectivity index (χ4n) is 2.08. The summed E-state index contributed by atoms with van der Waals surface area (Å²) in [6.45, 7) is 0. The lowest BCUT2D eigenvalue weighted by Crippen LogP contribution is -2.18. The van der Waals surface area contributed by atoms with Crippen LogP contribution in [-0.4, -0.2) is 4.57 Å². The number of pyridine rings is 1. The van der Waals surface area contributed by atoms with Gasteiger partial charge >= 0.3 is 0 Å². The standard InChI is InChI=1S/C15H9BrClNO/c16-12-9-18(10-5-2-1-3-6-10)15(19)14-11(12)7-4-8-13(14)17/h1-9H. The molecule has 1 heterocycles. The Hall–Kier alpha value is -1.58. The third-order valence-electron chi connectivity index (χ3n) is 2.98. The number of para-hydroxylation sites is 1. The van der Waals surface area contributed by atoms with Gasteiger partial charge in [0.1, 0.15) is 0 Å². The molecule has 94 valence electrons. The number of hydrogen-bond acceptors (Lipinski definition) is 1. The molecular weight excluding hydrogens is 326 g/mol. The van der Waals surface area contributed by atoms with Gasteiger partial charge in [0.05, 0.1) is 10.4 Å². The Kier molecular flexibility index (Phi) is 3.17. The van der Waals surface area contributed by atoms with Crippen molar-refractivity contribution in [1.82, 2.24) is 4.57 Å². The highest BCUT2D eigenvalue weighted by atomic mass is 79.9. The van der Waals surface area contributed by atoms with Crippen LogP contribution in [0.25, 0.3) is 16.5 Å². The quantitative estimate of drug-likeness (QED) is 0.646. The van der Waals surface area contributed by atoms with Crippen molar-refractivity contribution < 1.29 is 0 Å². The van der Waals surface area contributed by atoms with Gasteiger partial charge in [0, 0.05) is 21.7 Å². The third kappa shape index (κ3) is 2.09. The van der Waals surface area contributed by atoms with Crippen LogP contribution in [0.5, 0.6) is 0 Å². The lowest BCUT2D eigenvalue weighted by molar-refractivity contribution is 1.00. The Labute approximate surface area is 123 Å². The van der Waals surface area contributed by atoms with E-state index >= 15 is 0 Å². The van der Waals surface area contributed by atoms with Crippen molar-refractivity contribution in [3.63, 3.8) is 0 Å². The summed E-state index contributed by atoms with van der Waals surface area (Å²) >= 11 is 9.65. The highest BCUT2D eigenvalue weighted by Crippen LogP contribution is 2.27. The van der Waals surface area contributed by atoms with Crippen molar-refractivity contribution in [1.29, 1.82) is 0 Å². The second-order valence-corrected chi connectivity index (χ2v) is 5.41. The van der Waals surface area contributed by atoms with Gasteiger partial charge in [-0.05, 0) is 34.1 Å². The van der Waals surface area contributed by atoms with Gasteiger partial charge < -0.3 is 0 Å². The molecule has 0 fully saturated rings. The Morgan fingerprint density at radius 2 is 1.74 bits per heavy atom. The Balaban J connectivity index is 2.44. The van der Waals surface area contributed by atoms with Gasteiger partial charge in [0.15, 0.2) is 0 Å². The van der Waals surface area contributed by atoms with Crippen LogP contribution in [-0.2, 0) is 0 Å². The average Bonchev–Trinajstić information content (AvgIpc) is 2.43. The van der Waals surface area contributed by atoms with Gasteiger partial charge in [-0.25, -0.2) is 0 Å². The van der Waals surface area contributed by atoms with E-state index in [4.69, 9.17) is 11.6 Å². The van der Waals surface area contributed by atoms with Crippen LogP contribution in [0, 0.1) is 0 Å². The first-order valence-electron chi connectivity index (χ1n) is 5.73. The minimum Gasteiger partial charge on any atom is -0.283 e. The van der Waals surface area contributed by atoms with E-state index < -0.39 is 0 Å². The van der Waals surface area contributed by atoms with Crippen LogP contribution in [0.2, 0.25) is 5.02 Å². The topological polar surface area (TPSA) is 22.0 Å². The van der Waals surface area contributed by atoms with E-state index in [0.717, 1.165) is 15.5 Å². The smallest absolute Gasteiger partial charge is 0.264 e. The predicted octanol–water partition coefficient (Wildman–Crippen LogP) is 4.41. The largest absolute Gasteiger partial charge is 0.283 e. The van der Waals surface area contributed by atoms with Crippen LogP contribution in [0.3, 0.4) is 0 Å². The number of halogens is 2. The molecule has 4 heteroatoms. The number of rotatable bonds is 1. The highest BCUT2D eigenvalue weighted by Gasteiger charge is 2.10. The number of nitrogens with zero attached hydrogens (tertiary/aromatic N) is 1. The molecule has 0 aliphatic rings. The van der Waals surface area contributed by atoms with Crippen LogP contribution in [0.1, 0.15) is 0 Å². The van der Waals surface area contributed by atoms with Crippen LogP contribution in [0.4, 0.5) is 0 Å². The van der Waals surface area contributed by atoms with Crippen molar-refractivity contribution in [2.75, 3.05) is 0 Å². The molecule has 19 heavy (non-hydrogen) atoms. The molecule has 2 aromatic carbocycles. The van der Waals surface area contributed by atoms with Crippen LogP contribution >= 0.6 is 27.5 Å². The van der Waals surface area contributed by atoms with Crippen molar-refractivity contribution in [3.05, 3.63) is 74.6 Å². The van der Waals surface area contributed by atoms with Gasteiger partial charge in [0.25, 0.3) is 5.56 Å². The number of aromatic nitrogens is 1.